The van der Waals surface area contributed by atoms with Crippen LogP contribution in [-0.2, 0) is 0 Å². The Balaban J connectivity index is 1.64. The molecule has 0 aliphatic heterocycles. The molecule has 2 aromatic heterocycles. The van der Waals surface area contributed by atoms with E-state index >= 15 is 0 Å². The molecule has 0 aliphatic carbocycles. The number of carbonyl (C=O) groups is 1. The predicted octanol–water partition coefficient (Wildman–Crippen LogP) is 2.02. The molecule has 0 unspecified atom stereocenters. The first-order valence-corrected chi connectivity index (χ1v) is 6.99. The molecule has 0 fully saturated rings. The van der Waals surface area contributed by atoms with E-state index in [2.05, 4.69) is 31.0 Å². The van der Waals surface area contributed by atoms with E-state index in [4.69, 9.17) is 4.74 Å². The van der Waals surface area contributed by atoms with Crippen molar-refractivity contribution >= 4 is 11.6 Å². The van der Waals surface area contributed by atoms with E-state index in [1.807, 2.05) is 13.8 Å². The molecule has 9 heteroatoms. The Morgan fingerprint density at radius 2 is 2.04 bits per heavy atom. The summed E-state index contributed by atoms with van der Waals surface area (Å²) in [5.41, 5.74) is 1.00. The highest BCUT2D eigenvalue weighted by atomic mass is 16.5. The van der Waals surface area contributed by atoms with Crippen LogP contribution in [0.25, 0.3) is 0 Å². The summed E-state index contributed by atoms with van der Waals surface area (Å²) in [4.78, 5) is 12.1. The number of anilines is 1. The lowest BCUT2D eigenvalue weighted by Crippen LogP contribution is -2.13. The summed E-state index contributed by atoms with van der Waals surface area (Å²) in [6.45, 7) is 3.99. The lowest BCUT2D eigenvalue weighted by Gasteiger charge is -2.06. The third-order valence-corrected chi connectivity index (χ3v) is 3.02. The summed E-state index contributed by atoms with van der Waals surface area (Å²) in [6, 6.07) is 8.83. The van der Waals surface area contributed by atoms with Gasteiger partial charge in [-0.2, -0.15) is 10.3 Å². The van der Waals surface area contributed by atoms with E-state index < -0.39 is 0 Å². The Labute approximate surface area is 131 Å². The number of benzene rings is 1. The largest absolute Gasteiger partial charge is 0.422 e. The van der Waals surface area contributed by atoms with E-state index in [-0.39, 0.29) is 18.0 Å². The highest BCUT2D eigenvalue weighted by molar-refractivity contribution is 6.02. The Bertz CT molecular complexity index is 778. The van der Waals surface area contributed by atoms with Gasteiger partial charge in [0.15, 0.2) is 5.69 Å². The first-order valence-electron chi connectivity index (χ1n) is 6.99. The Morgan fingerprint density at radius 1 is 1.26 bits per heavy atom. The molecule has 0 aliphatic rings. The molecule has 3 aromatic rings. The van der Waals surface area contributed by atoms with Gasteiger partial charge in [0.2, 0.25) is 0 Å². The SMILES string of the molecule is CC(C)n1ccc(C(=O)Nc2ccc(Oc3nn[nH]n3)cc2)n1. The van der Waals surface area contributed by atoms with Crippen LogP contribution >= 0.6 is 0 Å². The van der Waals surface area contributed by atoms with Crippen molar-refractivity contribution in [2.75, 3.05) is 5.32 Å². The van der Waals surface area contributed by atoms with Gasteiger partial charge in [-0.1, -0.05) is 10.2 Å². The van der Waals surface area contributed by atoms with Crippen LogP contribution in [-0.4, -0.2) is 36.3 Å². The molecule has 0 spiro atoms. The van der Waals surface area contributed by atoms with E-state index in [9.17, 15) is 4.79 Å². The zero-order valence-electron chi connectivity index (χ0n) is 12.6. The number of nitrogens with one attached hydrogen (secondary N) is 2. The van der Waals surface area contributed by atoms with Crippen LogP contribution < -0.4 is 10.1 Å². The van der Waals surface area contributed by atoms with E-state index in [0.29, 0.717) is 17.1 Å². The maximum atomic E-state index is 12.1. The molecule has 1 amide bonds. The minimum atomic E-state index is -0.267. The molecule has 118 valence electrons. The second kappa shape index (κ2) is 6.26. The molecule has 0 saturated carbocycles. The molecule has 2 N–H and O–H groups in total. The lowest BCUT2D eigenvalue weighted by molar-refractivity contribution is 0.102. The highest BCUT2D eigenvalue weighted by Crippen LogP contribution is 2.19. The molecule has 0 bridgehead atoms. The monoisotopic (exact) mass is 313 g/mol. The van der Waals surface area contributed by atoms with E-state index in [1.165, 1.54) is 0 Å². The van der Waals surface area contributed by atoms with Gasteiger partial charge in [-0.15, -0.1) is 0 Å². The van der Waals surface area contributed by atoms with Crippen molar-refractivity contribution in [1.29, 1.82) is 0 Å². The number of hydrogen-bond donors (Lipinski definition) is 2. The van der Waals surface area contributed by atoms with Gasteiger partial charge in [0.25, 0.3) is 5.91 Å². The first kappa shape index (κ1) is 14.7. The van der Waals surface area contributed by atoms with Crippen molar-refractivity contribution in [3.05, 3.63) is 42.2 Å². The molecule has 0 saturated heterocycles. The van der Waals surface area contributed by atoms with Crippen molar-refractivity contribution < 1.29 is 9.53 Å². The van der Waals surface area contributed by atoms with Gasteiger partial charge < -0.3 is 10.1 Å². The number of carbonyl (C=O) groups excluding carboxylic acids is 1. The van der Waals surface area contributed by atoms with Crippen molar-refractivity contribution in [1.82, 2.24) is 30.4 Å². The molecule has 0 atom stereocenters. The van der Waals surface area contributed by atoms with Crippen LogP contribution in [0.5, 0.6) is 11.8 Å². The number of hydrogen-bond acceptors (Lipinski definition) is 6. The molecule has 23 heavy (non-hydrogen) atoms. The number of nitrogens with zero attached hydrogens (tertiary/aromatic N) is 5. The smallest absolute Gasteiger partial charge is 0.361 e. The standard InChI is InChI=1S/C14H15N7O2/c1-9(2)21-8-7-12(18-21)13(22)15-10-3-5-11(6-4-10)23-14-16-19-20-17-14/h3-9H,1-2H3,(H,15,22)(H,16,17,19,20). The topological polar surface area (TPSA) is 111 Å². The van der Waals surface area contributed by atoms with Gasteiger partial charge in [-0.05, 0) is 49.4 Å². The summed E-state index contributed by atoms with van der Waals surface area (Å²) in [5.74, 6) is 0.268. The number of tetrazole rings is 1. The van der Waals surface area contributed by atoms with Gasteiger partial charge in [0.05, 0.1) is 0 Å². The number of aromatic nitrogens is 6. The van der Waals surface area contributed by atoms with Crippen molar-refractivity contribution in [2.45, 2.75) is 19.9 Å². The number of amides is 1. The number of ether oxygens (including phenoxy) is 1. The second-order valence-corrected chi connectivity index (χ2v) is 5.05. The van der Waals surface area contributed by atoms with Crippen molar-refractivity contribution in [3.63, 3.8) is 0 Å². The molecule has 2 heterocycles. The number of aromatic amines is 1. The molecule has 9 nitrogen and oxygen atoms in total. The quantitative estimate of drug-likeness (QED) is 0.745. The maximum Gasteiger partial charge on any atom is 0.361 e. The average Bonchev–Trinajstić information content (AvgIpc) is 3.20. The Kier molecular flexibility index (Phi) is 4.00. The zero-order valence-corrected chi connectivity index (χ0v) is 12.6. The lowest BCUT2D eigenvalue weighted by atomic mass is 10.3. The normalized spacial score (nSPS) is 10.7. The third kappa shape index (κ3) is 3.51. The number of H-pyrrole nitrogens is 1. The minimum Gasteiger partial charge on any atom is -0.422 e. The second-order valence-electron chi connectivity index (χ2n) is 5.05. The van der Waals surface area contributed by atoms with Crippen LogP contribution in [0.4, 0.5) is 5.69 Å². The summed E-state index contributed by atoms with van der Waals surface area (Å²) >= 11 is 0. The summed E-state index contributed by atoms with van der Waals surface area (Å²) in [6.07, 6.45) is 1.78. The third-order valence-electron chi connectivity index (χ3n) is 3.02. The fourth-order valence-corrected chi connectivity index (χ4v) is 1.85. The van der Waals surface area contributed by atoms with Crippen LogP contribution in [0, 0.1) is 0 Å². The fourth-order valence-electron chi connectivity index (χ4n) is 1.85. The van der Waals surface area contributed by atoms with Crippen molar-refractivity contribution in [2.24, 2.45) is 0 Å². The zero-order chi connectivity index (χ0) is 16.2. The van der Waals surface area contributed by atoms with Gasteiger partial charge in [0.1, 0.15) is 5.75 Å². The van der Waals surface area contributed by atoms with Gasteiger partial charge in [-0.25, -0.2) is 0 Å². The molecular formula is C14H15N7O2. The van der Waals surface area contributed by atoms with Crippen LogP contribution in [0.1, 0.15) is 30.4 Å². The number of rotatable bonds is 5. The Hall–Kier alpha value is -3.23. The molecule has 3 rings (SSSR count). The Morgan fingerprint density at radius 3 is 2.65 bits per heavy atom. The highest BCUT2D eigenvalue weighted by Gasteiger charge is 2.11. The average molecular weight is 313 g/mol. The van der Waals surface area contributed by atoms with Crippen LogP contribution in [0.2, 0.25) is 0 Å². The fraction of sp³-hybridized carbons (Fsp3) is 0.214. The maximum absolute atomic E-state index is 12.1. The summed E-state index contributed by atoms with van der Waals surface area (Å²) in [5, 5.41) is 20.1. The van der Waals surface area contributed by atoms with Crippen LogP contribution in [0.3, 0.4) is 0 Å². The predicted molar refractivity (Wildman–Crippen MR) is 81.3 cm³/mol. The summed E-state index contributed by atoms with van der Waals surface area (Å²) < 4.78 is 7.08. The van der Waals surface area contributed by atoms with Crippen LogP contribution in [0.15, 0.2) is 36.5 Å². The minimum absolute atomic E-state index is 0.126. The summed E-state index contributed by atoms with van der Waals surface area (Å²) in [7, 11) is 0. The molecular weight excluding hydrogens is 298 g/mol. The van der Waals surface area contributed by atoms with Gasteiger partial charge >= 0.3 is 6.01 Å². The van der Waals surface area contributed by atoms with Gasteiger partial charge in [-0.3, -0.25) is 9.48 Å². The van der Waals surface area contributed by atoms with E-state index in [1.54, 1.807) is 41.2 Å². The van der Waals surface area contributed by atoms with Gasteiger partial charge in [0, 0.05) is 17.9 Å². The first-order chi connectivity index (χ1) is 11.1. The van der Waals surface area contributed by atoms with Crippen molar-refractivity contribution in [3.8, 4) is 11.8 Å². The molecule has 1 aromatic carbocycles. The molecule has 0 radical (unpaired) electrons. The van der Waals surface area contributed by atoms with E-state index in [0.717, 1.165) is 0 Å².